The van der Waals surface area contributed by atoms with Gasteiger partial charge < -0.3 is 34.6 Å². The minimum absolute atomic E-state index is 0.182. The highest BCUT2D eigenvalue weighted by atomic mass is 16.7. The molecular weight excluding hydrogens is 488 g/mol. The smallest absolute Gasteiger partial charge is 0.333 e. The molecule has 0 amide bonds. The predicted octanol–water partition coefficient (Wildman–Crippen LogP) is 3.50. The van der Waals surface area contributed by atoms with Crippen LogP contribution in [-0.4, -0.2) is 75.9 Å². The number of hydrogen-bond donors (Lipinski definition) is 4. The third kappa shape index (κ3) is 6.06. The van der Waals surface area contributed by atoms with Gasteiger partial charge in [0.05, 0.1) is 12.2 Å². The molecule has 4 N–H and O–H groups in total. The van der Waals surface area contributed by atoms with Gasteiger partial charge in [-0.1, -0.05) is 52.3 Å². The van der Waals surface area contributed by atoms with Gasteiger partial charge in [-0.25, -0.2) is 4.79 Å². The molecule has 2 aliphatic carbocycles. The normalized spacial score (nSPS) is 41.6. The Bertz CT molecular complexity index is 883. The number of esters is 1. The Labute approximate surface area is 228 Å². The summed E-state index contributed by atoms with van der Waals surface area (Å²) < 4.78 is 18.3. The van der Waals surface area contributed by atoms with Crippen molar-refractivity contribution in [3.63, 3.8) is 0 Å². The van der Waals surface area contributed by atoms with Gasteiger partial charge in [0.15, 0.2) is 6.29 Å². The summed E-state index contributed by atoms with van der Waals surface area (Å²) in [5.41, 5.74) is 0.955. The molecule has 8 heteroatoms. The van der Waals surface area contributed by atoms with Crippen LogP contribution in [0.4, 0.5) is 0 Å². The van der Waals surface area contributed by atoms with Gasteiger partial charge in [0.25, 0.3) is 0 Å². The highest BCUT2D eigenvalue weighted by Gasteiger charge is 2.61. The molecule has 3 aliphatic rings. The minimum atomic E-state index is -1.45. The van der Waals surface area contributed by atoms with Crippen molar-refractivity contribution in [2.75, 3.05) is 6.61 Å². The number of hydrogen-bond acceptors (Lipinski definition) is 8. The molecule has 3 rings (SSSR count). The van der Waals surface area contributed by atoms with Crippen LogP contribution in [-0.2, 0) is 19.0 Å². The van der Waals surface area contributed by atoms with E-state index in [9.17, 15) is 25.2 Å². The first kappa shape index (κ1) is 31.2. The zero-order valence-corrected chi connectivity index (χ0v) is 24.2. The van der Waals surface area contributed by atoms with E-state index in [0.29, 0.717) is 17.9 Å². The Morgan fingerprint density at radius 2 is 1.84 bits per heavy atom. The number of rotatable bonds is 9. The van der Waals surface area contributed by atoms with Gasteiger partial charge in [-0.3, -0.25) is 0 Å². The van der Waals surface area contributed by atoms with E-state index in [0.717, 1.165) is 25.7 Å². The maximum Gasteiger partial charge on any atom is 0.333 e. The summed E-state index contributed by atoms with van der Waals surface area (Å²) in [7, 11) is 0. The van der Waals surface area contributed by atoms with Crippen molar-refractivity contribution in [3.8, 4) is 0 Å². The molecule has 1 aliphatic heterocycles. The Morgan fingerprint density at radius 1 is 1.18 bits per heavy atom. The average molecular weight is 539 g/mol. The van der Waals surface area contributed by atoms with Crippen LogP contribution in [0, 0.1) is 28.6 Å². The van der Waals surface area contributed by atoms with Gasteiger partial charge in [-0.2, -0.15) is 0 Å². The molecular formula is C30H50O8. The van der Waals surface area contributed by atoms with Crippen molar-refractivity contribution in [1.82, 2.24) is 0 Å². The number of aliphatic hydroxyl groups excluding tert-OH is 4. The first-order chi connectivity index (χ1) is 17.6. The van der Waals surface area contributed by atoms with Crippen LogP contribution in [0.25, 0.3) is 0 Å². The Hall–Kier alpha value is -1.29. The summed E-state index contributed by atoms with van der Waals surface area (Å²) in [5, 5.41) is 40.7. The number of allylic oxidation sites excluding steroid dienone is 2. The van der Waals surface area contributed by atoms with Crippen LogP contribution in [0.2, 0.25) is 0 Å². The van der Waals surface area contributed by atoms with Gasteiger partial charge in [-0.15, -0.1) is 0 Å². The lowest BCUT2D eigenvalue weighted by Crippen LogP contribution is -2.64. The van der Waals surface area contributed by atoms with Crippen LogP contribution in [0.15, 0.2) is 23.8 Å². The third-order valence-corrected chi connectivity index (χ3v) is 9.70. The quantitative estimate of drug-likeness (QED) is 0.200. The van der Waals surface area contributed by atoms with Crippen molar-refractivity contribution in [2.24, 2.45) is 28.6 Å². The van der Waals surface area contributed by atoms with Crippen molar-refractivity contribution in [1.29, 1.82) is 0 Å². The number of aliphatic hydroxyl groups is 4. The first-order valence-corrected chi connectivity index (χ1v) is 14.1. The molecule has 8 nitrogen and oxygen atoms in total. The molecule has 1 saturated heterocycles. The van der Waals surface area contributed by atoms with Crippen LogP contribution in [0.5, 0.6) is 0 Å². The minimum Gasteiger partial charge on any atom is -0.456 e. The molecule has 11 atom stereocenters. The van der Waals surface area contributed by atoms with E-state index in [1.54, 1.807) is 13.8 Å². The molecule has 38 heavy (non-hydrogen) atoms. The highest BCUT2D eigenvalue weighted by molar-refractivity contribution is 5.87. The van der Waals surface area contributed by atoms with Gasteiger partial charge in [0, 0.05) is 17.6 Å². The zero-order valence-electron chi connectivity index (χ0n) is 24.2. The SMILES string of the molecule is C=C(C)C(=O)O[C@@H]1[C@@H](O[C@@H]2O[C@@H](C)[C@H](O)[C@@H](O)[C@H]2O)C[C@@]2(C)[C@H](CC[C@H](C)CCO)C(C)=CC[C@@H]2C1(C)C. The van der Waals surface area contributed by atoms with E-state index in [1.807, 2.05) is 0 Å². The first-order valence-electron chi connectivity index (χ1n) is 14.1. The Kier molecular flexibility index (Phi) is 9.92. The monoisotopic (exact) mass is 538 g/mol. The molecule has 0 aromatic heterocycles. The average Bonchev–Trinajstić information content (AvgIpc) is 2.82. The highest BCUT2D eigenvalue weighted by Crippen LogP contribution is 2.62. The third-order valence-electron chi connectivity index (χ3n) is 9.70. The fraction of sp³-hybridized carbons (Fsp3) is 0.833. The topological polar surface area (TPSA) is 126 Å². The Balaban J connectivity index is 1.98. The second-order valence-electron chi connectivity index (χ2n) is 13.0. The predicted molar refractivity (Wildman–Crippen MR) is 144 cm³/mol. The van der Waals surface area contributed by atoms with Crippen LogP contribution in [0.3, 0.4) is 0 Å². The lowest BCUT2D eigenvalue weighted by atomic mass is 9.46. The number of carbonyl (C=O) groups excluding carboxylic acids is 1. The van der Waals surface area contributed by atoms with E-state index >= 15 is 0 Å². The molecule has 218 valence electrons. The summed E-state index contributed by atoms with van der Waals surface area (Å²) in [6.45, 7) is 18.0. The second-order valence-corrected chi connectivity index (χ2v) is 13.0. The summed E-state index contributed by atoms with van der Waals surface area (Å²) in [6.07, 6.45) is -0.794. The molecule has 0 aromatic carbocycles. The lowest BCUT2D eigenvalue weighted by molar-refractivity contribution is -0.325. The summed E-state index contributed by atoms with van der Waals surface area (Å²) in [6, 6.07) is 0. The van der Waals surface area contributed by atoms with E-state index in [4.69, 9.17) is 14.2 Å². The van der Waals surface area contributed by atoms with E-state index < -0.39 is 54.3 Å². The Morgan fingerprint density at radius 3 is 2.45 bits per heavy atom. The zero-order chi connectivity index (χ0) is 28.6. The molecule has 1 saturated carbocycles. The fourth-order valence-corrected chi connectivity index (χ4v) is 7.37. The van der Waals surface area contributed by atoms with E-state index in [1.165, 1.54) is 5.57 Å². The van der Waals surface area contributed by atoms with E-state index in [2.05, 4.69) is 47.3 Å². The molecule has 2 fully saturated rings. The summed E-state index contributed by atoms with van der Waals surface area (Å²) in [4.78, 5) is 12.8. The largest absolute Gasteiger partial charge is 0.456 e. The van der Waals surface area contributed by atoms with Gasteiger partial charge in [-0.05, 0) is 69.6 Å². The maximum absolute atomic E-state index is 12.8. The van der Waals surface area contributed by atoms with Gasteiger partial charge in [0.2, 0.25) is 0 Å². The maximum atomic E-state index is 12.8. The molecule has 0 bridgehead atoms. The molecule has 1 heterocycles. The van der Waals surface area contributed by atoms with Crippen LogP contribution in [0.1, 0.15) is 80.6 Å². The standard InChI is InChI=1S/C30H50O8/c1-16(2)27(35)38-26-21(37-28-25(34)24(33)23(32)19(5)36-28)15-30(8)20(11-9-17(3)13-14-31)18(4)10-12-22(30)29(26,6)7/h10,17,19-26,28,31-34H,1,9,11-15H2,2-8H3/t17-,19-,20+,21-,22+,23-,24+,25+,26+,28-,30-/m0/s1. The molecule has 0 radical (unpaired) electrons. The lowest BCUT2D eigenvalue weighted by Gasteiger charge is -2.61. The van der Waals surface area contributed by atoms with Crippen molar-refractivity contribution >= 4 is 5.97 Å². The van der Waals surface area contributed by atoms with Gasteiger partial charge >= 0.3 is 5.97 Å². The van der Waals surface area contributed by atoms with Gasteiger partial charge in [0.1, 0.15) is 24.4 Å². The van der Waals surface area contributed by atoms with Crippen molar-refractivity contribution < 1.29 is 39.4 Å². The number of fused-ring (bicyclic) bond motifs is 1. The fourth-order valence-electron chi connectivity index (χ4n) is 7.37. The van der Waals surface area contributed by atoms with Crippen molar-refractivity contribution in [2.45, 2.75) is 123 Å². The number of carbonyl (C=O) groups is 1. The van der Waals surface area contributed by atoms with Crippen molar-refractivity contribution in [3.05, 3.63) is 23.8 Å². The van der Waals surface area contributed by atoms with E-state index in [-0.39, 0.29) is 23.9 Å². The molecule has 0 spiro atoms. The molecule has 0 aromatic rings. The second kappa shape index (κ2) is 12.1. The van der Waals surface area contributed by atoms with Crippen LogP contribution < -0.4 is 0 Å². The number of ether oxygens (including phenoxy) is 3. The molecule has 0 unspecified atom stereocenters. The summed E-state index contributed by atoms with van der Waals surface area (Å²) in [5.74, 6) is 0.383. The van der Waals surface area contributed by atoms with Crippen LogP contribution >= 0.6 is 0 Å². The summed E-state index contributed by atoms with van der Waals surface area (Å²) >= 11 is 0.